The van der Waals surface area contributed by atoms with Gasteiger partial charge in [-0.2, -0.15) is 22.0 Å². The lowest BCUT2D eigenvalue weighted by atomic mass is 9.88. The highest BCUT2D eigenvalue weighted by Gasteiger charge is 2.64. The van der Waals surface area contributed by atoms with E-state index in [2.05, 4.69) is 4.74 Å². The van der Waals surface area contributed by atoms with Gasteiger partial charge in [-0.15, -0.1) is 0 Å². The number of hydrogen-bond donors (Lipinski definition) is 0. The summed E-state index contributed by atoms with van der Waals surface area (Å²) in [6.45, 7) is 3.99. The van der Waals surface area contributed by atoms with Gasteiger partial charge in [0.25, 0.3) is 0 Å². The lowest BCUT2D eigenvalue weighted by molar-refractivity contribution is -0.443. The Labute approximate surface area is 83.4 Å². The quantitative estimate of drug-likeness (QED) is 0.663. The monoisotopic (exact) mass is 238 g/mol. The maximum Gasteiger partial charge on any atom is 0.483 e. The summed E-state index contributed by atoms with van der Waals surface area (Å²) >= 11 is 0. The van der Waals surface area contributed by atoms with E-state index < -0.39 is 23.6 Å². The number of alkyl halides is 6. The van der Waals surface area contributed by atoms with Gasteiger partial charge in [-0.1, -0.05) is 20.8 Å². The molecule has 1 atom stereocenters. The normalized spacial score (nSPS) is 18.8. The van der Waals surface area contributed by atoms with Gasteiger partial charge in [-0.25, -0.2) is 4.39 Å². The molecule has 0 amide bonds. The van der Waals surface area contributed by atoms with Gasteiger partial charge in [-0.3, -0.25) is 4.74 Å². The Morgan fingerprint density at radius 3 is 1.27 bits per heavy atom. The average molecular weight is 238 g/mol. The van der Waals surface area contributed by atoms with Crippen LogP contribution in [0.25, 0.3) is 0 Å². The molecule has 92 valence electrons. The fourth-order valence-corrected chi connectivity index (χ4v) is 0.452. The molecule has 0 spiro atoms. The van der Waals surface area contributed by atoms with E-state index in [1.54, 1.807) is 0 Å². The van der Waals surface area contributed by atoms with Gasteiger partial charge in [0.1, 0.15) is 0 Å². The van der Waals surface area contributed by atoms with Crippen LogP contribution in [0.1, 0.15) is 27.7 Å². The minimum Gasteiger partial charge on any atom is -0.275 e. The highest BCUT2D eigenvalue weighted by molar-refractivity contribution is 4.81. The van der Waals surface area contributed by atoms with E-state index in [-0.39, 0.29) is 0 Å². The molecule has 0 heterocycles. The number of hydrogen-bond acceptors (Lipinski definition) is 1. The summed E-state index contributed by atoms with van der Waals surface area (Å²) in [5.41, 5.74) is -1.50. The Hall–Kier alpha value is -0.460. The van der Waals surface area contributed by atoms with Crippen molar-refractivity contribution in [3.63, 3.8) is 0 Å². The van der Waals surface area contributed by atoms with E-state index in [9.17, 15) is 26.3 Å². The van der Waals surface area contributed by atoms with Crippen molar-refractivity contribution in [1.82, 2.24) is 0 Å². The van der Waals surface area contributed by atoms with Crippen LogP contribution in [0.2, 0.25) is 0 Å². The first kappa shape index (κ1) is 14.5. The second-order valence-electron chi connectivity index (χ2n) is 4.28. The van der Waals surface area contributed by atoms with Crippen LogP contribution < -0.4 is 0 Å². The summed E-state index contributed by atoms with van der Waals surface area (Å²) in [5.74, 6) is -3.09. The molecule has 0 saturated heterocycles. The number of ether oxygens (including phenoxy) is 1. The van der Waals surface area contributed by atoms with Crippen LogP contribution in [0.4, 0.5) is 26.3 Å². The fourth-order valence-electron chi connectivity index (χ4n) is 0.452. The highest BCUT2D eigenvalue weighted by atomic mass is 19.4. The summed E-state index contributed by atoms with van der Waals surface area (Å²) < 4.78 is 76.5. The van der Waals surface area contributed by atoms with E-state index in [0.29, 0.717) is 6.92 Å². The molecule has 0 N–H and O–H groups in total. The van der Waals surface area contributed by atoms with E-state index in [1.165, 1.54) is 0 Å². The molecule has 0 aliphatic heterocycles. The largest absolute Gasteiger partial charge is 0.483 e. The molecule has 1 unspecified atom stereocenters. The van der Waals surface area contributed by atoms with Crippen molar-refractivity contribution in [3.8, 4) is 0 Å². The second kappa shape index (κ2) is 3.54. The highest BCUT2D eigenvalue weighted by Crippen LogP contribution is 2.44. The van der Waals surface area contributed by atoms with Gasteiger partial charge in [0.2, 0.25) is 5.85 Å². The van der Waals surface area contributed by atoms with Crippen molar-refractivity contribution in [2.24, 2.45) is 5.41 Å². The molecular formula is C8H12F6O. The molecule has 7 heteroatoms. The van der Waals surface area contributed by atoms with Gasteiger partial charge in [0.15, 0.2) is 0 Å². The molecular weight excluding hydrogens is 226 g/mol. The molecule has 0 aliphatic carbocycles. The number of rotatable bonds is 2. The van der Waals surface area contributed by atoms with Crippen LogP contribution in [-0.4, -0.2) is 18.1 Å². The summed E-state index contributed by atoms with van der Waals surface area (Å²) in [6, 6.07) is 0. The molecule has 1 nitrogen and oxygen atoms in total. The maximum absolute atomic E-state index is 13.4. The third-order valence-electron chi connectivity index (χ3n) is 1.99. The zero-order valence-corrected chi connectivity index (χ0v) is 8.68. The van der Waals surface area contributed by atoms with Crippen LogP contribution in [0, 0.1) is 5.41 Å². The second-order valence-corrected chi connectivity index (χ2v) is 4.28. The topological polar surface area (TPSA) is 9.23 Å². The van der Waals surface area contributed by atoms with Crippen molar-refractivity contribution >= 4 is 0 Å². The summed E-state index contributed by atoms with van der Waals surface area (Å²) in [4.78, 5) is 0. The SMILES string of the molecule is CC(C)(C)C(C)(F)OC(F)(F)C(F)(F)F. The van der Waals surface area contributed by atoms with Gasteiger partial charge in [0.05, 0.1) is 0 Å². The van der Waals surface area contributed by atoms with Gasteiger partial charge in [0, 0.05) is 5.41 Å². The zero-order valence-electron chi connectivity index (χ0n) is 8.68. The van der Waals surface area contributed by atoms with E-state index in [0.717, 1.165) is 20.8 Å². The van der Waals surface area contributed by atoms with E-state index in [4.69, 9.17) is 0 Å². The molecule has 0 rings (SSSR count). The molecule has 0 bridgehead atoms. The van der Waals surface area contributed by atoms with Crippen molar-refractivity contribution in [2.75, 3.05) is 0 Å². The number of halogens is 6. The van der Waals surface area contributed by atoms with Crippen LogP contribution in [0.5, 0.6) is 0 Å². The Kier molecular flexibility index (Phi) is 3.43. The average Bonchev–Trinajstić information content (AvgIpc) is 1.77. The van der Waals surface area contributed by atoms with E-state index in [1.807, 2.05) is 0 Å². The summed E-state index contributed by atoms with van der Waals surface area (Å²) in [5, 5.41) is 0. The Bertz CT molecular complexity index is 200. The predicted octanol–water partition coefficient (Wildman–Crippen LogP) is 3.89. The summed E-state index contributed by atoms with van der Waals surface area (Å²) in [6.07, 6.45) is -11.4. The van der Waals surface area contributed by atoms with Crippen LogP contribution >= 0.6 is 0 Å². The first-order valence-electron chi connectivity index (χ1n) is 4.04. The fraction of sp³-hybridized carbons (Fsp3) is 1.00. The molecule has 15 heavy (non-hydrogen) atoms. The van der Waals surface area contributed by atoms with Crippen molar-refractivity contribution in [2.45, 2.75) is 45.8 Å². The third-order valence-corrected chi connectivity index (χ3v) is 1.99. The lowest BCUT2D eigenvalue weighted by Crippen LogP contribution is -2.49. The summed E-state index contributed by atoms with van der Waals surface area (Å²) in [7, 11) is 0. The van der Waals surface area contributed by atoms with Gasteiger partial charge in [-0.05, 0) is 6.92 Å². The Morgan fingerprint density at radius 2 is 1.07 bits per heavy atom. The van der Waals surface area contributed by atoms with Gasteiger partial charge >= 0.3 is 12.3 Å². The Balaban J connectivity index is 4.89. The van der Waals surface area contributed by atoms with Crippen molar-refractivity contribution in [3.05, 3.63) is 0 Å². The Morgan fingerprint density at radius 1 is 0.733 bits per heavy atom. The van der Waals surface area contributed by atoms with Gasteiger partial charge < -0.3 is 0 Å². The van der Waals surface area contributed by atoms with Crippen LogP contribution in [-0.2, 0) is 4.74 Å². The standard InChI is InChI=1S/C8H12F6O/c1-5(2,3)6(4,9)15-8(13,14)7(10,11)12/h1-4H3. The smallest absolute Gasteiger partial charge is 0.275 e. The minimum atomic E-state index is -5.92. The van der Waals surface area contributed by atoms with Crippen molar-refractivity contribution < 1.29 is 31.1 Å². The van der Waals surface area contributed by atoms with Crippen LogP contribution in [0.3, 0.4) is 0 Å². The van der Waals surface area contributed by atoms with E-state index >= 15 is 0 Å². The molecule has 0 aromatic rings. The lowest BCUT2D eigenvalue weighted by Gasteiger charge is -2.37. The zero-order chi connectivity index (χ0) is 12.7. The predicted molar refractivity (Wildman–Crippen MR) is 41.1 cm³/mol. The molecule has 0 fully saturated rings. The first-order valence-corrected chi connectivity index (χ1v) is 4.04. The molecule has 0 radical (unpaired) electrons. The molecule has 0 aliphatic rings. The van der Waals surface area contributed by atoms with Crippen LogP contribution in [0.15, 0.2) is 0 Å². The van der Waals surface area contributed by atoms with Crippen molar-refractivity contribution in [1.29, 1.82) is 0 Å². The molecule has 0 aromatic heterocycles. The molecule has 0 aromatic carbocycles. The molecule has 0 saturated carbocycles. The third kappa shape index (κ3) is 3.25. The minimum absolute atomic E-state index is 0.534. The first-order chi connectivity index (χ1) is 6.21. The maximum atomic E-state index is 13.4.